The van der Waals surface area contributed by atoms with E-state index in [1.54, 1.807) is 0 Å². The van der Waals surface area contributed by atoms with Crippen molar-refractivity contribution in [1.29, 1.82) is 0 Å². The standard InChI is InChI=1S/C15H17ClN2/c1-15(11-17,10-12-6-8-18-9-7-12)13-2-4-14(16)5-3-13/h2-9H,10-11,17H2,1H3. The van der Waals surface area contributed by atoms with Gasteiger partial charge in [0, 0.05) is 29.4 Å². The van der Waals surface area contributed by atoms with E-state index in [2.05, 4.69) is 24.0 Å². The van der Waals surface area contributed by atoms with Crippen molar-refractivity contribution in [3.05, 3.63) is 64.9 Å². The number of halogens is 1. The van der Waals surface area contributed by atoms with Crippen molar-refractivity contribution in [3.63, 3.8) is 0 Å². The summed E-state index contributed by atoms with van der Waals surface area (Å²) in [5, 5.41) is 0.752. The van der Waals surface area contributed by atoms with Crippen LogP contribution in [0.4, 0.5) is 0 Å². The molecule has 1 atom stereocenters. The highest BCUT2D eigenvalue weighted by Gasteiger charge is 2.25. The number of hydrogen-bond donors (Lipinski definition) is 1. The van der Waals surface area contributed by atoms with E-state index >= 15 is 0 Å². The Balaban J connectivity index is 2.28. The van der Waals surface area contributed by atoms with Crippen LogP contribution >= 0.6 is 11.6 Å². The summed E-state index contributed by atoms with van der Waals surface area (Å²) >= 11 is 5.93. The largest absolute Gasteiger partial charge is 0.330 e. The molecule has 3 heteroatoms. The van der Waals surface area contributed by atoms with Crippen molar-refractivity contribution < 1.29 is 0 Å². The lowest BCUT2D eigenvalue weighted by Gasteiger charge is -2.29. The summed E-state index contributed by atoms with van der Waals surface area (Å²) in [7, 11) is 0. The molecule has 0 aliphatic carbocycles. The maximum absolute atomic E-state index is 5.98. The lowest BCUT2D eigenvalue weighted by atomic mass is 9.77. The fourth-order valence-corrected chi connectivity index (χ4v) is 2.22. The zero-order valence-electron chi connectivity index (χ0n) is 10.4. The number of hydrogen-bond acceptors (Lipinski definition) is 2. The van der Waals surface area contributed by atoms with E-state index < -0.39 is 0 Å². The number of nitrogens with zero attached hydrogens (tertiary/aromatic N) is 1. The minimum absolute atomic E-state index is 0.0774. The highest BCUT2D eigenvalue weighted by molar-refractivity contribution is 6.30. The summed E-state index contributed by atoms with van der Waals surface area (Å²) in [5.74, 6) is 0. The van der Waals surface area contributed by atoms with Crippen molar-refractivity contribution in [2.45, 2.75) is 18.8 Å². The first-order valence-corrected chi connectivity index (χ1v) is 6.37. The third-order valence-electron chi connectivity index (χ3n) is 3.34. The molecule has 0 saturated heterocycles. The van der Waals surface area contributed by atoms with Gasteiger partial charge < -0.3 is 5.73 Å². The van der Waals surface area contributed by atoms with E-state index in [4.69, 9.17) is 17.3 Å². The average Bonchev–Trinajstić information content (AvgIpc) is 2.40. The van der Waals surface area contributed by atoms with Crippen molar-refractivity contribution in [3.8, 4) is 0 Å². The van der Waals surface area contributed by atoms with Crippen LogP contribution in [0.5, 0.6) is 0 Å². The van der Waals surface area contributed by atoms with Crippen LogP contribution in [-0.4, -0.2) is 11.5 Å². The van der Waals surface area contributed by atoms with E-state index in [1.165, 1.54) is 11.1 Å². The van der Waals surface area contributed by atoms with Gasteiger partial charge in [-0.1, -0.05) is 30.7 Å². The van der Waals surface area contributed by atoms with Crippen LogP contribution in [-0.2, 0) is 11.8 Å². The third kappa shape index (κ3) is 2.89. The maximum atomic E-state index is 5.98. The summed E-state index contributed by atoms with van der Waals surface area (Å²) in [6.07, 6.45) is 4.52. The first-order valence-electron chi connectivity index (χ1n) is 5.99. The van der Waals surface area contributed by atoms with Gasteiger partial charge in [0.1, 0.15) is 0 Å². The summed E-state index contributed by atoms with van der Waals surface area (Å²) < 4.78 is 0. The zero-order valence-corrected chi connectivity index (χ0v) is 11.2. The highest BCUT2D eigenvalue weighted by atomic mass is 35.5. The van der Waals surface area contributed by atoms with Crippen LogP contribution in [0, 0.1) is 0 Å². The molecule has 0 spiro atoms. The molecular formula is C15H17ClN2. The number of pyridine rings is 1. The molecule has 18 heavy (non-hydrogen) atoms. The highest BCUT2D eigenvalue weighted by Crippen LogP contribution is 2.28. The molecular weight excluding hydrogens is 244 g/mol. The molecule has 1 aromatic heterocycles. The SMILES string of the molecule is CC(CN)(Cc1ccncc1)c1ccc(Cl)cc1. The van der Waals surface area contributed by atoms with E-state index in [0.29, 0.717) is 6.54 Å². The molecule has 1 unspecified atom stereocenters. The second kappa shape index (κ2) is 5.51. The van der Waals surface area contributed by atoms with Crippen LogP contribution < -0.4 is 5.73 Å². The van der Waals surface area contributed by atoms with Crippen molar-refractivity contribution in [2.24, 2.45) is 5.73 Å². The zero-order chi connectivity index (χ0) is 13.0. The Hall–Kier alpha value is -1.38. The molecule has 2 aromatic rings. The van der Waals surface area contributed by atoms with E-state index in [-0.39, 0.29) is 5.41 Å². The van der Waals surface area contributed by atoms with Gasteiger partial charge in [-0.15, -0.1) is 0 Å². The Labute approximate surface area is 113 Å². The van der Waals surface area contributed by atoms with Gasteiger partial charge in [0.2, 0.25) is 0 Å². The predicted molar refractivity (Wildman–Crippen MR) is 75.8 cm³/mol. The molecule has 1 heterocycles. The number of aromatic nitrogens is 1. The van der Waals surface area contributed by atoms with Crippen LogP contribution in [0.1, 0.15) is 18.1 Å². The van der Waals surface area contributed by atoms with Crippen molar-refractivity contribution in [2.75, 3.05) is 6.54 Å². The molecule has 2 rings (SSSR count). The monoisotopic (exact) mass is 260 g/mol. The number of benzene rings is 1. The number of nitrogens with two attached hydrogens (primary N) is 1. The van der Waals surface area contributed by atoms with Crippen molar-refractivity contribution in [1.82, 2.24) is 4.98 Å². The van der Waals surface area contributed by atoms with Gasteiger partial charge in [0.05, 0.1) is 0 Å². The Bertz CT molecular complexity index is 496. The molecule has 2 N–H and O–H groups in total. The lowest BCUT2D eigenvalue weighted by Crippen LogP contribution is -2.34. The summed E-state index contributed by atoms with van der Waals surface area (Å²) in [5.41, 5.74) is 8.36. The van der Waals surface area contributed by atoms with Gasteiger partial charge in [-0.25, -0.2) is 0 Å². The molecule has 0 amide bonds. The van der Waals surface area contributed by atoms with Crippen LogP contribution in [0.15, 0.2) is 48.8 Å². The quantitative estimate of drug-likeness (QED) is 0.917. The van der Waals surface area contributed by atoms with E-state index in [0.717, 1.165) is 11.4 Å². The Morgan fingerprint density at radius 2 is 1.72 bits per heavy atom. The van der Waals surface area contributed by atoms with Crippen molar-refractivity contribution >= 4 is 11.6 Å². The molecule has 1 aromatic carbocycles. The fraction of sp³-hybridized carbons (Fsp3) is 0.267. The van der Waals surface area contributed by atoms with Gasteiger partial charge in [-0.05, 0) is 41.8 Å². The van der Waals surface area contributed by atoms with Gasteiger partial charge >= 0.3 is 0 Å². The van der Waals surface area contributed by atoms with Gasteiger partial charge in [0.15, 0.2) is 0 Å². The molecule has 0 bridgehead atoms. The van der Waals surface area contributed by atoms with E-state index in [9.17, 15) is 0 Å². The van der Waals surface area contributed by atoms with Crippen LogP contribution in [0.2, 0.25) is 5.02 Å². The third-order valence-corrected chi connectivity index (χ3v) is 3.59. The second-order valence-corrected chi connectivity index (χ2v) is 5.24. The van der Waals surface area contributed by atoms with Gasteiger partial charge in [-0.3, -0.25) is 4.98 Å². The average molecular weight is 261 g/mol. The van der Waals surface area contributed by atoms with E-state index in [1.807, 2.05) is 36.7 Å². The minimum atomic E-state index is -0.0774. The minimum Gasteiger partial charge on any atom is -0.330 e. The van der Waals surface area contributed by atoms with Crippen LogP contribution in [0.25, 0.3) is 0 Å². The molecule has 0 aliphatic heterocycles. The smallest absolute Gasteiger partial charge is 0.0406 e. The predicted octanol–water partition coefficient (Wildman–Crippen LogP) is 3.19. The first kappa shape index (κ1) is 13.1. The molecule has 2 nitrogen and oxygen atoms in total. The topological polar surface area (TPSA) is 38.9 Å². The Morgan fingerprint density at radius 3 is 2.28 bits per heavy atom. The van der Waals surface area contributed by atoms with Gasteiger partial charge in [0.25, 0.3) is 0 Å². The van der Waals surface area contributed by atoms with Crippen LogP contribution in [0.3, 0.4) is 0 Å². The maximum Gasteiger partial charge on any atom is 0.0406 e. The molecule has 94 valence electrons. The normalized spacial score (nSPS) is 14.2. The second-order valence-electron chi connectivity index (χ2n) is 4.80. The molecule has 0 aliphatic rings. The summed E-state index contributed by atoms with van der Waals surface area (Å²) in [4.78, 5) is 4.04. The first-order chi connectivity index (χ1) is 8.64. The Kier molecular flexibility index (Phi) is 4.00. The molecule has 0 fully saturated rings. The van der Waals surface area contributed by atoms with Gasteiger partial charge in [-0.2, -0.15) is 0 Å². The fourth-order valence-electron chi connectivity index (χ4n) is 2.10. The Morgan fingerprint density at radius 1 is 1.11 bits per heavy atom. The summed E-state index contributed by atoms with van der Waals surface area (Å²) in [6, 6.07) is 12.0. The summed E-state index contributed by atoms with van der Waals surface area (Å²) in [6.45, 7) is 2.77. The molecule has 0 radical (unpaired) electrons. The lowest BCUT2D eigenvalue weighted by molar-refractivity contribution is 0.481. The molecule has 0 saturated carbocycles. The number of rotatable bonds is 4.